The molecule has 13 rings (SSSR count). The van der Waals surface area contributed by atoms with Gasteiger partial charge in [-0.3, -0.25) is 48.8 Å². The molecule has 6 aliphatic heterocycles. The maximum Gasteiger partial charge on any atom is 0.272 e. The van der Waals surface area contributed by atoms with Gasteiger partial charge in [0, 0.05) is 86.9 Å². The van der Waals surface area contributed by atoms with E-state index in [1.165, 1.54) is 31.5 Å². The van der Waals surface area contributed by atoms with Crippen LogP contribution in [0.1, 0.15) is 125 Å². The van der Waals surface area contributed by atoms with Gasteiger partial charge in [0.2, 0.25) is 17.7 Å². The molecule has 7 aliphatic rings. The fraction of sp³-hybridized carbons (Fsp3) is 0.400. The minimum atomic E-state index is -1.05. The number of carbonyl (C=O) groups excluding carboxylic acids is 7. The van der Waals surface area contributed by atoms with Crippen molar-refractivity contribution in [3.05, 3.63) is 125 Å². The molecule has 2 N–H and O–H groups in total. The molecule has 3 aromatic heterocycles. The minimum absolute atomic E-state index is 0.0282. The highest BCUT2D eigenvalue weighted by Gasteiger charge is 2.56. The number of halogens is 1. The molecular formula is C60H61FN12O7. The van der Waals surface area contributed by atoms with E-state index in [2.05, 4.69) is 51.4 Å². The van der Waals surface area contributed by atoms with Crippen LogP contribution in [-0.2, 0) is 19.8 Å². The molecule has 7 amide bonds. The van der Waals surface area contributed by atoms with Crippen molar-refractivity contribution in [2.24, 2.45) is 0 Å². The largest absolute Gasteiger partial charge is 0.368 e. The van der Waals surface area contributed by atoms with Gasteiger partial charge < -0.3 is 34.4 Å². The van der Waals surface area contributed by atoms with Crippen LogP contribution in [0.4, 0.5) is 27.3 Å². The van der Waals surface area contributed by atoms with E-state index in [1.807, 2.05) is 21.6 Å². The molecule has 1 aliphatic carbocycles. The Morgan fingerprint density at radius 2 is 1.50 bits per heavy atom. The first-order chi connectivity index (χ1) is 38.7. The maximum atomic E-state index is 15.3. The summed E-state index contributed by atoms with van der Waals surface area (Å²) in [7, 11) is 0. The van der Waals surface area contributed by atoms with Crippen LogP contribution >= 0.6 is 0 Å². The third-order valence-corrected chi connectivity index (χ3v) is 17.8. The quantitative estimate of drug-likeness (QED) is 0.135. The van der Waals surface area contributed by atoms with Gasteiger partial charge in [0.15, 0.2) is 5.82 Å². The molecule has 19 nitrogen and oxygen atoms in total. The Labute approximate surface area is 461 Å². The maximum absolute atomic E-state index is 15.3. The van der Waals surface area contributed by atoms with Crippen LogP contribution in [0, 0.1) is 5.82 Å². The number of aromatic nitrogens is 4. The van der Waals surface area contributed by atoms with Crippen molar-refractivity contribution in [3.63, 3.8) is 0 Å². The number of amides is 7. The van der Waals surface area contributed by atoms with Gasteiger partial charge in [-0.25, -0.2) is 14.4 Å². The van der Waals surface area contributed by atoms with Crippen molar-refractivity contribution < 1.29 is 38.0 Å². The molecule has 9 heterocycles. The zero-order chi connectivity index (χ0) is 55.1. The second kappa shape index (κ2) is 20.1. The van der Waals surface area contributed by atoms with Gasteiger partial charge in [-0.05, 0) is 132 Å². The standard InChI is InChI=1S/C60H61FN12O7/c1-35(2)71-34-63-48-32-47(65-53(52(48)71)64-45-9-5-4-8-44(45)61)36-10-14-43-50(28-36)72(40-29-39(30-40)67-20-6-3-7-21-67)59(80)60(43)18-22-69(23-19-60)55(76)37-11-15-46(62-33-37)58(79)70-26-24-68(25-27-70)38-12-13-41-42(31-38)57(78)73(56(41)77)49-16-17-51(74)66-54(49)75/h4-5,8-15,28,31-35,39-40,49H,3,6-7,16-27,29-30H2,1-2H3,(H,64,65)(H,66,74,75)/t39-,40+,49?. The van der Waals surface area contributed by atoms with Crippen LogP contribution in [-0.4, -0.2) is 151 Å². The summed E-state index contributed by atoms with van der Waals surface area (Å²) in [6.07, 6.45) is 9.64. The van der Waals surface area contributed by atoms with Gasteiger partial charge in [0.05, 0.1) is 45.3 Å². The fourth-order valence-corrected chi connectivity index (χ4v) is 13.2. The number of piperazine rings is 1. The summed E-state index contributed by atoms with van der Waals surface area (Å²) in [5, 5.41) is 5.48. The van der Waals surface area contributed by atoms with Crippen LogP contribution in [0.2, 0.25) is 0 Å². The summed E-state index contributed by atoms with van der Waals surface area (Å²) < 4.78 is 17.1. The fourth-order valence-electron chi connectivity index (χ4n) is 13.2. The van der Waals surface area contributed by atoms with E-state index >= 15 is 9.18 Å². The number of imidazole rings is 1. The second-order valence-electron chi connectivity index (χ2n) is 22.6. The highest BCUT2D eigenvalue weighted by Crippen LogP contribution is 2.52. The number of likely N-dealkylation sites (tertiary alicyclic amines) is 2. The third-order valence-electron chi connectivity index (χ3n) is 17.8. The molecule has 410 valence electrons. The number of carbonyl (C=O) groups is 7. The first kappa shape index (κ1) is 51.1. The predicted octanol–water partition coefficient (Wildman–Crippen LogP) is 6.86. The Balaban J connectivity index is 0.693. The number of anilines is 4. The number of nitrogens with zero attached hydrogens (tertiary/aromatic N) is 10. The van der Waals surface area contributed by atoms with Crippen molar-refractivity contribution in [2.45, 2.75) is 101 Å². The lowest BCUT2D eigenvalue weighted by Gasteiger charge is -2.48. The number of para-hydroxylation sites is 1. The van der Waals surface area contributed by atoms with E-state index in [9.17, 15) is 28.8 Å². The van der Waals surface area contributed by atoms with Crippen LogP contribution in [0.15, 0.2) is 91.4 Å². The second-order valence-corrected chi connectivity index (χ2v) is 22.6. The highest BCUT2D eigenvalue weighted by atomic mass is 19.1. The lowest BCUT2D eigenvalue weighted by molar-refractivity contribution is -0.136. The van der Waals surface area contributed by atoms with E-state index in [0.717, 1.165) is 53.2 Å². The van der Waals surface area contributed by atoms with Crippen molar-refractivity contribution in [2.75, 3.05) is 67.5 Å². The molecule has 1 atom stereocenters. The van der Waals surface area contributed by atoms with Gasteiger partial charge in [-0.1, -0.05) is 30.7 Å². The molecule has 3 aromatic carbocycles. The molecule has 80 heavy (non-hydrogen) atoms. The summed E-state index contributed by atoms with van der Waals surface area (Å²) in [5.41, 5.74) is 5.84. The number of imide groups is 2. The molecule has 6 aromatic rings. The molecule has 0 radical (unpaired) electrons. The van der Waals surface area contributed by atoms with E-state index < -0.39 is 40.9 Å². The first-order valence-electron chi connectivity index (χ1n) is 28.0. The summed E-state index contributed by atoms with van der Waals surface area (Å²) >= 11 is 0. The topological polar surface area (TPSA) is 207 Å². The molecule has 4 saturated heterocycles. The number of nitrogens with one attached hydrogen (secondary N) is 2. The Morgan fingerprint density at radius 3 is 2.23 bits per heavy atom. The van der Waals surface area contributed by atoms with Crippen LogP contribution < -0.4 is 20.4 Å². The number of rotatable bonds is 10. The summed E-state index contributed by atoms with van der Waals surface area (Å²) in [6, 6.07) is 22.3. The smallest absolute Gasteiger partial charge is 0.272 e. The van der Waals surface area contributed by atoms with Gasteiger partial charge in [-0.2, -0.15) is 0 Å². The SMILES string of the molecule is CC(C)n1cnc2cc(-c3ccc4c(c3)N([C@H]3C[C@@H](N5CCCCC5)C3)C(=O)C43CCN(C(=O)c4ccc(C(=O)N5CCN(c6ccc7c(c6)C(=O)N(C6CCC(=O)NC6=O)C7=O)CC5)nc4)CC3)nc(Nc3ccccc3F)c21. The Kier molecular flexibility index (Phi) is 12.8. The Bertz CT molecular complexity index is 3560. The van der Waals surface area contributed by atoms with Crippen molar-refractivity contribution in [3.8, 4) is 11.3 Å². The van der Waals surface area contributed by atoms with Crippen LogP contribution in [0.25, 0.3) is 22.3 Å². The number of fused-ring (bicyclic) bond motifs is 4. The average Bonchev–Trinajstić information content (AvgIpc) is 4.04. The molecule has 20 heteroatoms. The van der Waals surface area contributed by atoms with Crippen molar-refractivity contribution >= 4 is 75.3 Å². The van der Waals surface area contributed by atoms with E-state index in [-0.39, 0.29) is 59.5 Å². The van der Waals surface area contributed by atoms with Crippen molar-refractivity contribution in [1.29, 1.82) is 0 Å². The lowest BCUT2D eigenvalue weighted by atomic mass is 9.73. The highest BCUT2D eigenvalue weighted by molar-refractivity contribution is 6.24. The zero-order valence-corrected chi connectivity index (χ0v) is 44.7. The van der Waals surface area contributed by atoms with Crippen LogP contribution in [0.5, 0.6) is 0 Å². The molecule has 1 saturated carbocycles. The lowest BCUT2D eigenvalue weighted by Crippen LogP contribution is -2.58. The monoisotopic (exact) mass is 1080 g/mol. The van der Waals surface area contributed by atoms with Gasteiger partial charge in [0.25, 0.3) is 23.6 Å². The molecule has 1 unspecified atom stereocenters. The number of piperidine rings is 3. The molecule has 1 spiro atoms. The van der Waals surface area contributed by atoms with Crippen LogP contribution in [0.3, 0.4) is 0 Å². The van der Waals surface area contributed by atoms with Crippen molar-refractivity contribution in [1.82, 2.24) is 44.4 Å². The van der Waals surface area contributed by atoms with Gasteiger partial charge >= 0.3 is 0 Å². The summed E-state index contributed by atoms with van der Waals surface area (Å²) in [5.74, 6) is -2.62. The predicted molar refractivity (Wildman–Crippen MR) is 295 cm³/mol. The molecule has 0 bridgehead atoms. The summed E-state index contributed by atoms with van der Waals surface area (Å²) in [4.78, 5) is 120. The van der Waals surface area contributed by atoms with E-state index in [1.54, 1.807) is 64.7 Å². The Morgan fingerprint density at radius 1 is 0.750 bits per heavy atom. The number of benzene rings is 3. The molecule has 5 fully saturated rings. The average molecular weight is 1080 g/mol. The number of pyridine rings is 2. The zero-order valence-electron chi connectivity index (χ0n) is 44.7. The Hall–Kier alpha value is -8.39. The summed E-state index contributed by atoms with van der Waals surface area (Å²) in [6.45, 7) is 8.59. The van der Waals surface area contributed by atoms with E-state index in [4.69, 9.17) is 9.97 Å². The first-order valence-corrected chi connectivity index (χ1v) is 28.0. The molecular weight excluding hydrogens is 1020 g/mol. The van der Waals surface area contributed by atoms with E-state index in [0.29, 0.717) is 92.1 Å². The number of hydrogen-bond acceptors (Lipinski definition) is 13. The number of hydrogen-bond donors (Lipinski definition) is 2. The third kappa shape index (κ3) is 8.65. The van der Waals surface area contributed by atoms with Gasteiger partial charge in [0.1, 0.15) is 23.1 Å². The minimum Gasteiger partial charge on any atom is -0.368 e. The normalized spacial score (nSPS) is 22.1. The van der Waals surface area contributed by atoms with Gasteiger partial charge in [-0.15, -0.1) is 0 Å².